The van der Waals surface area contributed by atoms with Gasteiger partial charge in [-0.15, -0.1) is 0 Å². The van der Waals surface area contributed by atoms with Crippen molar-refractivity contribution in [2.75, 3.05) is 13.7 Å². The van der Waals surface area contributed by atoms with Gasteiger partial charge in [0.2, 0.25) is 0 Å². The molecular weight excluding hydrogens is 458 g/mol. The van der Waals surface area contributed by atoms with E-state index in [1.165, 1.54) is 19.2 Å². The molecule has 1 aliphatic carbocycles. The first-order chi connectivity index (χ1) is 12.2. The Morgan fingerprint density at radius 3 is 2.31 bits per heavy atom. The molecule has 138 valence electrons. The Morgan fingerprint density at radius 2 is 1.81 bits per heavy atom. The summed E-state index contributed by atoms with van der Waals surface area (Å²) in [5, 5.41) is -0.309. The number of ether oxygens (including phenoxy) is 1. The predicted octanol–water partition coefficient (Wildman–Crippen LogP) is 3.96. The van der Waals surface area contributed by atoms with E-state index in [1.807, 2.05) is 24.3 Å². The van der Waals surface area contributed by atoms with E-state index in [2.05, 4.69) is 15.9 Å². The smallest absolute Gasteiger partial charge is 0.182 e. The highest BCUT2D eigenvalue weighted by Gasteiger charge is 2.73. The van der Waals surface area contributed by atoms with E-state index >= 15 is 0 Å². The number of sulfone groups is 1. The number of rotatable bonds is 6. The van der Waals surface area contributed by atoms with Gasteiger partial charge in [-0.05, 0) is 42.0 Å². The van der Waals surface area contributed by atoms with Crippen LogP contribution in [0.15, 0.2) is 57.9 Å². The number of methoxy groups -OCH3 is 1. The average molecular weight is 475 g/mol. The van der Waals surface area contributed by atoms with E-state index in [9.17, 15) is 8.42 Å². The SMILES string of the molecule is COC[C@@]1(C(N)=S)[C@H](S(=O)(=O)c2ccc(Cl)cc2)[C@@H]1c1ccc(Br)cc1. The van der Waals surface area contributed by atoms with Crippen molar-refractivity contribution < 1.29 is 13.2 Å². The molecule has 0 saturated heterocycles. The number of hydrogen-bond donors (Lipinski definition) is 1. The Bertz CT molecular complexity index is 932. The van der Waals surface area contributed by atoms with Crippen molar-refractivity contribution in [1.29, 1.82) is 0 Å². The maximum Gasteiger partial charge on any atom is 0.182 e. The van der Waals surface area contributed by atoms with Crippen LogP contribution in [0.1, 0.15) is 11.5 Å². The summed E-state index contributed by atoms with van der Waals surface area (Å²) in [6.07, 6.45) is 0. The van der Waals surface area contributed by atoms with E-state index in [4.69, 9.17) is 34.3 Å². The van der Waals surface area contributed by atoms with Crippen LogP contribution in [0.3, 0.4) is 0 Å². The maximum atomic E-state index is 13.3. The standard InChI is InChI=1S/C18H17BrClNO3S2/c1-24-10-18(17(21)25)15(11-2-4-12(19)5-3-11)16(18)26(22,23)14-8-6-13(20)7-9-14/h2-9,15-16H,10H2,1H3,(H2,21,25)/t15-,16+,18-/m0/s1. The molecule has 1 saturated carbocycles. The van der Waals surface area contributed by atoms with E-state index in [0.717, 1.165) is 10.0 Å². The lowest BCUT2D eigenvalue weighted by Gasteiger charge is -2.16. The second kappa shape index (κ2) is 7.20. The minimum absolute atomic E-state index is 0.139. The molecule has 2 N–H and O–H groups in total. The summed E-state index contributed by atoms with van der Waals surface area (Å²) in [4.78, 5) is 0.345. The van der Waals surface area contributed by atoms with Crippen LogP contribution in [0.2, 0.25) is 5.02 Å². The number of thiocarbonyl (C=S) groups is 1. The highest BCUT2D eigenvalue weighted by molar-refractivity contribution is 9.10. The molecule has 2 aromatic carbocycles. The fourth-order valence-corrected chi connectivity index (χ4v) is 6.71. The van der Waals surface area contributed by atoms with Crippen molar-refractivity contribution in [3.05, 3.63) is 63.6 Å². The Kier molecular flexibility index (Phi) is 5.48. The molecule has 0 amide bonds. The third-order valence-corrected chi connectivity index (χ3v) is 8.26. The number of hydrogen-bond acceptors (Lipinski definition) is 4. The van der Waals surface area contributed by atoms with Gasteiger partial charge in [-0.3, -0.25) is 0 Å². The average Bonchev–Trinajstić information content (AvgIpc) is 3.27. The monoisotopic (exact) mass is 473 g/mol. The molecule has 0 heterocycles. The quantitative estimate of drug-likeness (QED) is 0.642. The first kappa shape index (κ1) is 19.8. The summed E-state index contributed by atoms with van der Waals surface area (Å²) in [6.45, 7) is 0.139. The van der Waals surface area contributed by atoms with Gasteiger partial charge in [-0.1, -0.05) is 51.9 Å². The molecule has 8 heteroatoms. The number of benzene rings is 2. The van der Waals surface area contributed by atoms with Crippen molar-refractivity contribution in [3.8, 4) is 0 Å². The third kappa shape index (κ3) is 3.20. The molecular formula is C18H17BrClNO3S2. The second-order valence-corrected chi connectivity index (χ2v) is 10.1. The molecule has 0 spiro atoms. The largest absolute Gasteiger partial charge is 0.393 e. The van der Waals surface area contributed by atoms with E-state index < -0.39 is 20.5 Å². The lowest BCUT2D eigenvalue weighted by atomic mass is 10.00. The zero-order valence-electron chi connectivity index (χ0n) is 13.9. The van der Waals surface area contributed by atoms with Gasteiger partial charge in [0.25, 0.3) is 0 Å². The first-order valence-electron chi connectivity index (χ1n) is 7.79. The first-order valence-corrected chi connectivity index (χ1v) is 10.9. The molecule has 3 atom stereocenters. The second-order valence-electron chi connectivity index (χ2n) is 6.29. The highest BCUT2D eigenvalue weighted by atomic mass is 79.9. The summed E-state index contributed by atoms with van der Waals surface area (Å²) < 4.78 is 32.9. The molecule has 26 heavy (non-hydrogen) atoms. The summed E-state index contributed by atoms with van der Waals surface area (Å²) >= 11 is 14.6. The number of nitrogens with two attached hydrogens (primary N) is 1. The maximum absolute atomic E-state index is 13.3. The Labute approximate surface area is 171 Å². The minimum atomic E-state index is -3.68. The highest BCUT2D eigenvalue weighted by Crippen LogP contribution is 2.64. The van der Waals surface area contributed by atoms with E-state index in [-0.39, 0.29) is 22.4 Å². The van der Waals surface area contributed by atoms with Gasteiger partial charge in [0.05, 0.1) is 27.2 Å². The third-order valence-electron chi connectivity index (χ3n) is 4.80. The van der Waals surface area contributed by atoms with Crippen molar-refractivity contribution >= 4 is 54.6 Å². The van der Waals surface area contributed by atoms with Crippen LogP contribution in [0.4, 0.5) is 0 Å². The molecule has 2 aromatic rings. The Hall–Kier alpha value is -0.990. The molecule has 0 unspecified atom stereocenters. The molecule has 0 bridgehead atoms. The van der Waals surface area contributed by atoms with Gasteiger partial charge in [-0.2, -0.15) is 0 Å². The van der Waals surface area contributed by atoms with Gasteiger partial charge < -0.3 is 10.5 Å². The van der Waals surface area contributed by atoms with Crippen LogP contribution in [-0.4, -0.2) is 32.4 Å². The van der Waals surface area contributed by atoms with Gasteiger partial charge >= 0.3 is 0 Å². The predicted molar refractivity (Wildman–Crippen MR) is 110 cm³/mol. The van der Waals surface area contributed by atoms with Crippen LogP contribution in [0, 0.1) is 5.41 Å². The summed E-state index contributed by atoms with van der Waals surface area (Å²) in [5.74, 6) is -0.367. The van der Waals surface area contributed by atoms with E-state index in [0.29, 0.717) is 5.02 Å². The zero-order chi connectivity index (χ0) is 19.1. The van der Waals surface area contributed by atoms with Crippen LogP contribution in [0.25, 0.3) is 0 Å². The van der Waals surface area contributed by atoms with E-state index in [1.54, 1.807) is 12.1 Å². The molecule has 0 aromatic heterocycles. The summed E-state index contributed by atoms with van der Waals surface area (Å²) in [7, 11) is -2.17. The summed E-state index contributed by atoms with van der Waals surface area (Å²) in [5.41, 5.74) is 5.95. The van der Waals surface area contributed by atoms with Gasteiger partial charge in [-0.25, -0.2) is 8.42 Å². The summed E-state index contributed by atoms with van der Waals surface area (Å²) in [6, 6.07) is 13.6. The van der Waals surface area contributed by atoms with Crippen molar-refractivity contribution in [2.24, 2.45) is 11.1 Å². The fourth-order valence-electron chi connectivity index (χ4n) is 3.55. The minimum Gasteiger partial charge on any atom is -0.393 e. The lowest BCUT2D eigenvalue weighted by molar-refractivity contribution is 0.166. The van der Waals surface area contributed by atoms with Crippen molar-refractivity contribution in [2.45, 2.75) is 16.1 Å². The lowest BCUT2D eigenvalue weighted by Crippen LogP contribution is -2.33. The molecule has 1 aliphatic rings. The molecule has 1 fully saturated rings. The van der Waals surface area contributed by atoms with Crippen LogP contribution < -0.4 is 5.73 Å². The molecule has 0 radical (unpaired) electrons. The van der Waals surface area contributed by atoms with Crippen LogP contribution in [-0.2, 0) is 14.6 Å². The van der Waals surface area contributed by atoms with Gasteiger partial charge in [0.1, 0.15) is 0 Å². The molecule has 3 rings (SSSR count). The molecule has 0 aliphatic heterocycles. The van der Waals surface area contributed by atoms with Crippen LogP contribution >= 0.6 is 39.7 Å². The zero-order valence-corrected chi connectivity index (χ0v) is 17.8. The number of halogens is 2. The van der Waals surface area contributed by atoms with Crippen molar-refractivity contribution in [3.63, 3.8) is 0 Å². The Morgan fingerprint density at radius 1 is 1.23 bits per heavy atom. The fraction of sp³-hybridized carbons (Fsp3) is 0.278. The van der Waals surface area contributed by atoms with Gasteiger partial charge in [0, 0.05) is 22.5 Å². The van der Waals surface area contributed by atoms with Crippen molar-refractivity contribution in [1.82, 2.24) is 0 Å². The molecule has 4 nitrogen and oxygen atoms in total. The van der Waals surface area contributed by atoms with Crippen LogP contribution in [0.5, 0.6) is 0 Å². The van der Waals surface area contributed by atoms with Gasteiger partial charge in [0.15, 0.2) is 9.84 Å². The topological polar surface area (TPSA) is 69.4 Å². The normalized spacial score (nSPS) is 25.0. The Balaban J connectivity index is 2.11.